The molecule has 1 aliphatic rings. The number of nitrogens with one attached hydrogen (secondary N) is 1. The number of carbonyl (C=O) groups excluding carboxylic acids is 1. The Bertz CT molecular complexity index is 711. The zero-order chi connectivity index (χ0) is 18.5. The maximum Gasteiger partial charge on any atom is 0.241 e. The molecule has 1 atom stereocenters. The Hall–Kier alpha value is -2.67. The van der Waals surface area contributed by atoms with E-state index in [4.69, 9.17) is 0 Å². The lowest BCUT2D eigenvalue weighted by Crippen LogP contribution is -2.53. The molecule has 0 radical (unpaired) electrons. The molecule has 7 heteroatoms. The number of carbonyl (C=O) groups is 1. The summed E-state index contributed by atoms with van der Waals surface area (Å²) in [6, 6.07) is 9.51. The zero-order valence-electron chi connectivity index (χ0n) is 15.6. The Morgan fingerprint density at radius 2 is 1.69 bits per heavy atom. The van der Waals surface area contributed by atoms with E-state index in [9.17, 15) is 4.79 Å². The molecule has 2 aromatic rings. The second-order valence-electron chi connectivity index (χ2n) is 6.68. The molecule has 0 unspecified atom stereocenters. The molecule has 2 heterocycles. The normalized spacial score (nSPS) is 16.2. The lowest BCUT2D eigenvalue weighted by molar-refractivity contribution is -0.120. The molecule has 7 nitrogen and oxygen atoms in total. The summed E-state index contributed by atoms with van der Waals surface area (Å²) >= 11 is 0. The van der Waals surface area contributed by atoms with Crippen LogP contribution in [0, 0.1) is 0 Å². The largest absolute Gasteiger partial charge is 0.378 e. The number of hydrogen-bond acceptors (Lipinski definition) is 6. The molecule has 1 N–H and O–H groups in total. The highest BCUT2D eigenvalue weighted by Crippen LogP contribution is 2.17. The SMILES string of the molecule is C[C@H](C(=O)Nc1ccc(N(C)C)cc1)N1CCN(c2ncccn2)CC1. The zero-order valence-corrected chi connectivity index (χ0v) is 15.6. The van der Waals surface area contributed by atoms with E-state index in [1.807, 2.05) is 56.3 Å². The summed E-state index contributed by atoms with van der Waals surface area (Å²) in [7, 11) is 3.99. The molecule has 0 aliphatic carbocycles. The minimum absolute atomic E-state index is 0.0204. The number of aromatic nitrogens is 2. The van der Waals surface area contributed by atoms with Gasteiger partial charge in [-0.25, -0.2) is 9.97 Å². The van der Waals surface area contributed by atoms with Crippen LogP contribution < -0.4 is 15.1 Å². The van der Waals surface area contributed by atoms with Gasteiger partial charge in [0.25, 0.3) is 0 Å². The molecule has 26 heavy (non-hydrogen) atoms. The van der Waals surface area contributed by atoms with Crippen LogP contribution in [0.4, 0.5) is 17.3 Å². The van der Waals surface area contributed by atoms with Crippen LogP contribution in [0.15, 0.2) is 42.7 Å². The van der Waals surface area contributed by atoms with Crippen LogP contribution in [-0.4, -0.2) is 67.1 Å². The smallest absolute Gasteiger partial charge is 0.241 e. The molecule has 138 valence electrons. The van der Waals surface area contributed by atoms with Gasteiger partial charge in [-0.1, -0.05) is 0 Å². The fourth-order valence-electron chi connectivity index (χ4n) is 3.02. The fourth-order valence-corrected chi connectivity index (χ4v) is 3.02. The van der Waals surface area contributed by atoms with Crippen molar-refractivity contribution in [3.63, 3.8) is 0 Å². The van der Waals surface area contributed by atoms with Crippen molar-refractivity contribution in [2.75, 3.05) is 55.4 Å². The standard InChI is InChI=1S/C19H26N6O/c1-15(18(26)22-16-5-7-17(8-6-16)23(2)3)24-11-13-25(14-12-24)19-20-9-4-10-21-19/h4-10,15H,11-14H2,1-3H3,(H,22,26)/t15-/m1/s1. The van der Waals surface area contributed by atoms with E-state index >= 15 is 0 Å². The summed E-state index contributed by atoms with van der Waals surface area (Å²) in [5, 5.41) is 3.01. The van der Waals surface area contributed by atoms with Crippen LogP contribution in [0.5, 0.6) is 0 Å². The van der Waals surface area contributed by atoms with Crippen LogP contribution in [0.3, 0.4) is 0 Å². The molecule has 1 aromatic carbocycles. The number of piperazine rings is 1. The molecular formula is C19H26N6O. The van der Waals surface area contributed by atoms with Crippen molar-refractivity contribution in [3.05, 3.63) is 42.7 Å². The van der Waals surface area contributed by atoms with E-state index in [0.717, 1.165) is 43.5 Å². The molecule has 3 rings (SSSR count). The van der Waals surface area contributed by atoms with Crippen molar-refractivity contribution < 1.29 is 4.79 Å². The van der Waals surface area contributed by atoms with Crippen molar-refractivity contribution in [1.82, 2.24) is 14.9 Å². The van der Waals surface area contributed by atoms with Crippen LogP contribution in [0.1, 0.15) is 6.92 Å². The van der Waals surface area contributed by atoms with Crippen LogP contribution >= 0.6 is 0 Å². The Morgan fingerprint density at radius 3 is 2.27 bits per heavy atom. The predicted octanol–water partition coefficient (Wildman–Crippen LogP) is 1.69. The quantitative estimate of drug-likeness (QED) is 0.882. The van der Waals surface area contributed by atoms with E-state index in [1.165, 1.54) is 0 Å². The van der Waals surface area contributed by atoms with Crippen molar-refractivity contribution in [2.45, 2.75) is 13.0 Å². The summed E-state index contributed by atoms with van der Waals surface area (Å²) in [6.45, 7) is 5.22. The highest BCUT2D eigenvalue weighted by molar-refractivity contribution is 5.94. The van der Waals surface area contributed by atoms with E-state index < -0.39 is 0 Å². The summed E-state index contributed by atoms with van der Waals surface area (Å²) in [4.78, 5) is 27.6. The lowest BCUT2D eigenvalue weighted by Gasteiger charge is -2.37. The third kappa shape index (κ3) is 4.29. The Labute approximate surface area is 154 Å². The molecule has 1 amide bonds. The molecule has 1 fully saturated rings. The average molecular weight is 354 g/mol. The number of benzene rings is 1. The van der Waals surface area contributed by atoms with Gasteiger partial charge in [0.05, 0.1) is 6.04 Å². The first-order valence-electron chi connectivity index (χ1n) is 8.89. The second-order valence-corrected chi connectivity index (χ2v) is 6.68. The number of nitrogens with zero attached hydrogens (tertiary/aromatic N) is 5. The Kier molecular flexibility index (Phi) is 5.68. The summed E-state index contributed by atoms with van der Waals surface area (Å²) in [6.07, 6.45) is 3.51. The van der Waals surface area contributed by atoms with Gasteiger partial charge in [0, 0.05) is 64.0 Å². The minimum atomic E-state index is -0.178. The van der Waals surface area contributed by atoms with Crippen LogP contribution in [0.25, 0.3) is 0 Å². The summed E-state index contributed by atoms with van der Waals surface area (Å²) < 4.78 is 0. The minimum Gasteiger partial charge on any atom is -0.378 e. The number of anilines is 3. The van der Waals surface area contributed by atoms with Gasteiger partial charge in [0.15, 0.2) is 0 Å². The Morgan fingerprint density at radius 1 is 1.08 bits per heavy atom. The third-order valence-corrected chi connectivity index (χ3v) is 4.73. The Balaban J connectivity index is 1.53. The van der Waals surface area contributed by atoms with Crippen molar-refractivity contribution in [2.24, 2.45) is 0 Å². The first-order chi connectivity index (χ1) is 12.5. The lowest BCUT2D eigenvalue weighted by atomic mass is 10.2. The molecule has 1 saturated heterocycles. The fraction of sp³-hybridized carbons (Fsp3) is 0.421. The van der Waals surface area contributed by atoms with Crippen LogP contribution in [0.2, 0.25) is 0 Å². The van der Waals surface area contributed by atoms with Crippen molar-refractivity contribution in [1.29, 1.82) is 0 Å². The van der Waals surface area contributed by atoms with E-state index in [0.29, 0.717) is 0 Å². The topological polar surface area (TPSA) is 64.6 Å². The molecule has 0 saturated carbocycles. The van der Waals surface area contributed by atoms with Crippen molar-refractivity contribution in [3.8, 4) is 0 Å². The first-order valence-corrected chi connectivity index (χ1v) is 8.89. The molecule has 1 aliphatic heterocycles. The van der Waals surface area contributed by atoms with Gasteiger partial charge in [-0.15, -0.1) is 0 Å². The molecular weight excluding hydrogens is 328 g/mol. The van der Waals surface area contributed by atoms with E-state index in [1.54, 1.807) is 12.4 Å². The maximum atomic E-state index is 12.6. The monoisotopic (exact) mass is 354 g/mol. The van der Waals surface area contributed by atoms with Gasteiger partial charge in [-0.05, 0) is 37.3 Å². The van der Waals surface area contributed by atoms with Gasteiger partial charge in [0.2, 0.25) is 11.9 Å². The predicted molar refractivity (Wildman–Crippen MR) is 105 cm³/mol. The third-order valence-electron chi connectivity index (χ3n) is 4.73. The highest BCUT2D eigenvalue weighted by atomic mass is 16.2. The second kappa shape index (κ2) is 8.14. The number of amides is 1. The van der Waals surface area contributed by atoms with E-state index in [2.05, 4.69) is 25.1 Å². The summed E-state index contributed by atoms with van der Waals surface area (Å²) in [5.74, 6) is 0.775. The average Bonchev–Trinajstić information content (AvgIpc) is 2.68. The van der Waals surface area contributed by atoms with E-state index in [-0.39, 0.29) is 11.9 Å². The van der Waals surface area contributed by atoms with Crippen molar-refractivity contribution >= 4 is 23.2 Å². The van der Waals surface area contributed by atoms with Gasteiger partial charge in [-0.3, -0.25) is 9.69 Å². The molecule has 0 spiro atoms. The van der Waals surface area contributed by atoms with Gasteiger partial charge in [-0.2, -0.15) is 0 Å². The van der Waals surface area contributed by atoms with Gasteiger partial charge in [0.1, 0.15) is 0 Å². The number of rotatable bonds is 5. The first kappa shape index (κ1) is 18.1. The molecule has 0 bridgehead atoms. The van der Waals surface area contributed by atoms with Crippen LogP contribution in [-0.2, 0) is 4.79 Å². The van der Waals surface area contributed by atoms with Gasteiger partial charge >= 0.3 is 0 Å². The highest BCUT2D eigenvalue weighted by Gasteiger charge is 2.26. The molecule has 1 aromatic heterocycles. The number of hydrogen-bond donors (Lipinski definition) is 1. The maximum absolute atomic E-state index is 12.6. The van der Waals surface area contributed by atoms with Gasteiger partial charge < -0.3 is 15.1 Å². The summed E-state index contributed by atoms with van der Waals surface area (Å²) in [5.41, 5.74) is 1.93.